The van der Waals surface area contributed by atoms with Gasteiger partial charge in [-0.3, -0.25) is 14.7 Å². The smallest absolute Gasteiger partial charge is 0.223 e. The van der Waals surface area contributed by atoms with Crippen molar-refractivity contribution in [1.29, 1.82) is 0 Å². The first kappa shape index (κ1) is 17.4. The summed E-state index contributed by atoms with van der Waals surface area (Å²) in [4.78, 5) is 19.0. The maximum absolute atomic E-state index is 12.4. The van der Waals surface area contributed by atoms with Gasteiger partial charge in [-0.2, -0.15) is 0 Å². The third-order valence-corrected chi connectivity index (χ3v) is 4.71. The Morgan fingerprint density at radius 3 is 2.68 bits per heavy atom. The third kappa shape index (κ3) is 4.79. The molecule has 0 saturated carbocycles. The molecule has 5 nitrogen and oxygen atoms in total. The average molecular weight is 339 g/mol. The van der Waals surface area contributed by atoms with Gasteiger partial charge >= 0.3 is 0 Å². The van der Waals surface area contributed by atoms with Crippen LogP contribution in [-0.2, 0) is 17.9 Å². The molecule has 3 rings (SSSR count). The molecule has 1 fully saturated rings. The first-order valence-electron chi connectivity index (χ1n) is 8.78. The van der Waals surface area contributed by atoms with Crippen LogP contribution in [0.2, 0.25) is 0 Å². The van der Waals surface area contributed by atoms with E-state index in [9.17, 15) is 4.79 Å². The van der Waals surface area contributed by atoms with Crippen molar-refractivity contribution in [2.45, 2.75) is 25.9 Å². The van der Waals surface area contributed by atoms with Crippen molar-refractivity contribution in [2.75, 3.05) is 20.2 Å². The standard InChI is InChI=1S/C20H25N3O2/c1-25-19-8-3-2-6-17(19)15-23-12-9-16(10-13-23)20(24)22-14-18-7-4-5-11-21-18/h2-8,11,16H,9-10,12-15H2,1H3,(H,22,24). The number of carbonyl (C=O) groups is 1. The number of benzene rings is 1. The van der Waals surface area contributed by atoms with E-state index in [4.69, 9.17) is 4.74 Å². The molecule has 1 N–H and O–H groups in total. The average Bonchev–Trinajstić information content (AvgIpc) is 2.68. The van der Waals surface area contributed by atoms with E-state index in [-0.39, 0.29) is 11.8 Å². The summed E-state index contributed by atoms with van der Waals surface area (Å²) in [5.74, 6) is 1.16. The number of hydrogen-bond acceptors (Lipinski definition) is 4. The highest BCUT2D eigenvalue weighted by molar-refractivity contribution is 5.78. The summed E-state index contributed by atoms with van der Waals surface area (Å²) in [7, 11) is 1.71. The number of rotatable bonds is 6. The Balaban J connectivity index is 1.46. The number of ether oxygens (including phenoxy) is 1. The number of carbonyl (C=O) groups excluding carboxylic acids is 1. The minimum atomic E-state index is 0.0950. The number of nitrogens with one attached hydrogen (secondary N) is 1. The summed E-state index contributed by atoms with van der Waals surface area (Å²) in [6, 6.07) is 13.9. The molecule has 1 amide bonds. The Labute approximate surface area is 149 Å². The zero-order valence-corrected chi connectivity index (χ0v) is 14.6. The monoisotopic (exact) mass is 339 g/mol. The SMILES string of the molecule is COc1ccccc1CN1CCC(C(=O)NCc2ccccn2)CC1. The fourth-order valence-corrected chi connectivity index (χ4v) is 3.25. The number of pyridine rings is 1. The van der Waals surface area contributed by atoms with E-state index in [0.29, 0.717) is 6.54 Å². The van der Waals surface area contributed by atoms with Crippen molar-refractivity contribution in [3.8, 4) is 5.75 Å². The first-order valence-corrected chi connectivity index (χ1v) is 8.78. The molecule has 5 heteroatoms. The van der Waals surface area contributed by atoms with Gasteiger partial charge in [-0.05, 0) is 44.1 Å². The van der Waals surface area contributed by atoms with Crippen LogP contribution in [0.3, 0.4) is 0 Å². The van der Waals surface area contributed by atoms with Crippen LogP contribution in [0, 0.1) is 5.92 Å². The molecule has 0 unspecified atom stereocenters. The summed E-state index contributed by atoms with van der Waals surface area (Å²) in [6.45, 7) is 3.23. The Kier molecular flexibility index (Phi) is 6.01. The fourth-order valence-electron chi connectivity index (χ4n) is 3.25. The lowest BCUT2D eigenvalue weighted by Crippen LogP contribution is -2.40. The van der Waals surface area contributed by atoms with Gasteiger partial charge in [0.15, 0.2) is 0 Å². The van der Waals surface area contributed by atoms with Crippen LogP contribution in [0.1, 0.15) is 24.1 Å². The van der Waals surface area contributed by atoms with Gasteiger partial charge < -0.3 is 10.1 Å². The normalized spacial score (nSPS) is 15.7. The molecule has 1 saturated heterocycles. The van der Waals surface area contributed by atoms with Crippen LogP contribution >= 0.6 is 0 Å². The van der Waals surface area contributed by atoms with Crippen molar-refractivity contribution in [3.63, 3.8) is 0 Å². The third-order valence-electron chi connectivity index (χ3n) is 4.71. The van der Waals surface area contributed by atoms with E-state index >= 15 is 0 Å². The van der Waals surface area contributed by atoms with Crippen molar-refractivity contribution in [1.82, 2.24) is 15.2 Å². The van der Waals surface area contributed by atoms with E-state index in [0.717, 1.165) is 43.9 Å². The molecule has 0 spiro atoms. The molecule has 1 aromatic carbocycles. The summed E-state index contributed by atoms with van der Waals surface area (Å²) < 4.78 is 5.42. The number of methoxy groups -OCH3 is 1. The first-order chi connectivity index (χ1) is 12.3. The minimum Gasteiger partial charge on any atom is -0.496 e. The lowest BCUT2D eigenvalue weighted by Gasteiger charge is -2.31. The van der Waals surface area contributed by atoms with Crippen LogP contribution in [0.5, 0.6) is 5.75 Å². The molecule has 1 aromatic heterocycles. The van der Waals surface area contributed by atoms with Gasteiger partial charge in [-0.1, -0.05) is 24.3 Å². The molecule has 1 aliphatic heterocycles. The summed E-state index contributed by atoms with van der Waals surface area (Å²) in [5.41, 5.74) is 2.09. The molecule has 132 valence electrons. The molecule has 2 aromatic rings. The second-order valence-corrected chi connectivity index (χ2v) is 6.40. The Morgan fingerprint density at radius 2 is 1.96 bits per heavy atom. The molecule has 2 heterocycles. The number of amides is 1. The van der Waals surface area contributed by atoms with Crippen LogP contribution in [0.4, 0.5) is 0 Å². The summed E-state index contributed by atoms with van der Waals surface area (Å²) in [6.07, 6.45) is 3.53. The molecule has 0 radical (unpaired) electrons. The topological polar surface area (TPSA) is 54.5 Å². The van der Waals surface area contributed by atoms with Gasteiger partial charge in [0.05, 0.1) is 19.3 Å². The van der Waals surface area contributed by atoms with Gasteiger partial charge in [0.2, 0.25) is 5.91 Å². The van der Waals surface area contributed by atoms with Gasteiger partial charge in [0, 0.05) is 24.2 Å². The maximum atomic E-state index is 12.4. The number of para-hydroxylation sites is 1. The number of likely N-dealkylation sites (tertiary alicyclic amines) is 1. The molecular formula is C20H25N3O2. The van der Waals surface area contributed by atoms with Crippen LogP contribution in [0.25, 0.3) is 0 Å². The molecular weight excluding hydrogens is 314 g/mol. The highest BCUT2D eigenvalue weighted by Crippen LogP contribution is 2.23. The maximum Gasteiger partial charge on any atom is 0.223 e. The molecule has 0 aliphatic carbocycles. The van der Waals surface area contributed by atoms with Crippen LogP contribution in [0.15, 0.2) is 48.7 Å². The number of aromatic nitrogens is 1. The van der Waals surface area contributed by atoms with E-state index in [1.54, 1.807) is 13.3 Å². The summed E-state index contributed by atoms with van der Waals surface area (Å²) in [5, 5.41) is 3.01. The molecule has 25 heavy (non-hydrogen) atoms. The Hall–Kier alpha value is -2.40. The highest BCUT2D eigenvalue weighted by atomic mass is 16.5. The van der Waals surface area contributed by atoms with E-state index in [2.05, 4.69) is 21.3 Å². The number of piperidine rings is 1. The Bertz CT molecular complexity index is 682. The predicted molar refractivity (Wildman–Crippen MR) is 97.1 cm³/mol. The molecule has 0 bridgehead atoms. The van der Waals surface area contributed by atoms with Gasteiger partial charge in [0.25, 0.3) is 0 Å². The second kappa shape index (κ2) is 8.62. The van der Waals surface area contributed by atoms with Crippen LogP contribution < -0.4 is 10.1 Å². The zero-order chi connectivity index (χ0) is 17.5. The minimum absolute atomic E-state index is 0.0950. The van der Waals surface area contributed by atoms with Crippen molar-refractivity contribution < 1.29 is 9.53 Å². The van der Waals surface area contributed by atoms with Gasteiger partial charge in [-0.15, -0.1) is 0 Å². The van der Waals surface area contributed by atoms with E-state index in [1.807, 2.05) is 36.4 Å². The Morgan fingerprint density at radius 1 is 1.20 bits per heavy atom. The predicted octanol–water partition coefficient (Wildman–Crippen LogP) is 2.62. The lowest BCUT2D eigenvalue weighted by molar-refractivity contribution is -0.126. The van der Waals surface area contributed by atoms with E-state index < -0.39 is 0 Å². The van der Waals surface area contributed by atoms with Crippen molar-refractivity contribution in [2.24, 2.45) is 5.92 Å². The summed E-state index contributed by atoms with van der Waals surface area (Å²) >= 11 is 0. The van der Waals surface area contributed by atoms with Gasteiger partial charge in [-0.25, -0.2) is 0 Å². The molecule has 0 atom stereocenters. The lowest BCUT2D eigenvalue weighted by atomic mass is 9.95. The van der Waals surface area contributed by atoms with E-state index in [1.165, 1.54) is 5.56 Å². The van der Waals surface area contributed by atoms with Crippen molar-refractivity contribution >= 4 is 5.91 Å². The number of hydrogen-bond donors (Lipinski definition) is 1. The van der Waals surface area contributed by atoms with Crippen LogP contribution in [-0.4, -0.2) is 36.0 Å². The molecule has 1 aliphatic rings. The highest BCUT2D eigenvalue weighted by Gasteiger charge is 2.25. The second-order valence-electron chi connectivity index (χ2n) is 6.40. The zero-order valence-electron chi connectivity index (χ0n) is 14.6. The van der Waals surface area contributed by atoms with Crippen molar-refractivity contribution in [3.05, 3.63) is 59.9 Å². The fraction of sp³-hybridized carbons (Fsp3) is 0.400. The quantitative estimate of drug-likeness (QED) is 0.879. The van der Waals surface area contributed by atoms with Gasteiger partial charge in [0.1, 0.15) is 5.75 Å². The largest absolute Gasteiger partial charge is 0.496 e. The number of nitrogens with zero attached hydrogens (tertiary/aromatic N) is 2.